The van der Waals surface area contributed by atoms with Gasteiger partial charge in [-0.15, -0.1) is 0 Å². The van der Waals surface area contributed by atoms with E-state index >= 15 is 0 Å². The van der Waals surface area contributed by atoms with Gasteiger partial charge >= 0.3 is 0 Å². The van der Waals surface area contributed by atoms with E-state index in [0.29, 0.717) is 12.5 Å². The summed E-state index contributed by atoms with van der Waals surface area (Å²) in [5, 5.41) is 6.09. The van der Waals surface area contributed by atoms with Crippen molar-refractivity contribution in [2.24, 2.45) is 4.99 Å². The number of nitrogens with one attached hydrogen (secondary N) is 2. The minimum Gasteiger partial charge on any atom is -0.379 e. The van der Waals surface area contributed by atoms with E-state index in [1.807, 2.05) is 0 Å². The number of hydrogen-bond acceptors (Lipinski definition) is 4. The van der Waals surface area contributed by atoms with Crippen molar-refractivity contribution in [3.63, 3.8) is 0 Å². The summed E-state index contributed by atoms with van der Waals surface area (Å²) in [6.07, 6.45) is 0.886. The molecule has 0 spiro atoms. The number of ether oxygens (including phenoxy) is 1. The Morgan fingerprint density at radius 1 is 1.25 bits per heavy atom. The summed E-state index contributed by atoms with van der Waals surface area (Å²) in [5.74, 6) is -0.746. The fourth-order valence-corrected chi connectivity index (χ4v) is 2.65. The van der Waals surface area contributed by atoms with Crippen LogP contribution in [-0.4, -0.2) is 81.7 Å². The third-order valence-corrected chi connectivity index (χ3v) is 4.37. The zero-order valence-corrected chi connectivity index (χ0v) is 16.5. The van der Waals surface area contributed by atoms with Crippen LogP contribution < -0.4 is 10.6 Å². The largest absolute Gasteiger partial charge is 0.379 e. The number of halogens is 2. The third kappa shape index (κ3) is 7.77. The number of hydrogen-bond donors (Lipinski definition) is 2. The number of morpholine rings is 1. The van der Waals surface area contributed by atoms with Crippen molar-refractivity contribution in [2.75, 3.05) is 60.0 Å². The predicted octanol–water partition coefficient (Wildman–Crippen LogP) is 0.811. The fourth-order valence-electron chi connectivity index (χ4n) is 2.65. The van der Waals surface area contributed by atoms with Gasteiger partial charge < -0.3 is 20.3 Å². The lowest BCUT2D eigenvalue weighted by Gasteiger charge is -2.26. The van der Waals surface area contributed by atoms with Gasteiger partial charge in [-0.1, -0.05) is 0 Å². The van der Waals surface area contributed by atoms with Gasteiger partial charge in [0.2, 0.25) is 5.91 Å². The molecule has 1 aromatic carbocycles. The van der Waals surface area contributed by atoms with Gasteiger partial charge in [-0.25, -0.2) is 13.8 Å². The van der Waals surface area contributed by atoms with Crippen molar-refractivity contribution in [3.8, 4) is 0 Å². The Balaban J connectivity index is 1.89. The molecule has 9 heteroatoms. The maximum atomic E-state index is 13.8. The summed E-state index contributed by atoms with van der Waals surface area (Å²) in [6.45, 7) is 4.97. The molecule has 28 heavy (non-hydrogen) atoms. The first-order valence-corrected chi connectivity index (χ1v) is 9.42. The van der Waals surface area contributed by atoms with Gasteiger partial charge in [-0.2, -0.15) is 0 Å². The highest BCUT2D eigenvalue weighted by atomic mass is 19.1. The molecule has 0 unspecified atom stereocenters. The number of carbonyl (C=O) groups is 1. The van der Waals surface area contributed by atoms with E-state index in [1.54, 1.807) is 14.1 Å². The first-order valence-electron chi connectivity index (χ1n) is 9.42. The second kappa shape index (κ2) is 11.6. The molecule has 0 bridgehead atoms. The molecule has 2 N–H and O–H groups in total. The smallest absolute Gasteiger partial charge is 0.241 e. The van der Waals surface area contributed by atoms with Crippen molar-refractivity contribution in [1.29, 1.82) is 0 Å². The molecule has 1 heterocycles. The van der Waals surface area contributed by atoms with Crippen molar-refractivity contribution < 1.29 is 18.3 Å². The molecule has 1 saturated heterocycles. The lowest BCUT2D eigenvalue weighted by atomic mass is 10.2. The average Bonchev–Trinajstić information content (AvgIpc) is 2.69. The quantitative estimate of drug-likeness (QED) is 0.386. The molecule has 0 aliphatic carbocycles. The molecule has 0 aromatic heterocycles. The normalized spacial score (nSPS) is 15.4. The van der Waals surface area contributed by atoms with Crippen LogP contribution in [0.5, 0.6) is 0 Å². The Hall–Kier alpha value is -2.26. The zero-order valence-electron chi connectivity index (χ0n) is 16.5. The predicted molar refractivity (Wildman–Crippen MR) is 104 cm³/mol. The number of aliphatic imine (C=N–C) groups is 1. The molecule has 1 aromatic rings. The van der Waals surface area contributed by atoms with Gasteiger partial charge in [-0.05, 0) is 31.2 Å². The maximum absolute atomic E-state index is 13.8. The van der Waals surface area contributed by atoms with Gasteiger partial charge in [0.25, 0.3) is 0 Å². The van der Waals surface area contributed by atoms with Crippen LogP contribution in [0.1, 0.15) is 12.0 Å². The first kappa shape index (κ1) is 22.0. The highest BCUT2D eigenvalue weighted by Crippen LogP contribution is 2.10. The van der Waals surface area contributed by atoms with Gasteiger partial charge in [-0.3, -0.25) is 9.69 Å². The SMILES string of the molecule is CN(C)C(=O)CNC(=NCc1cc(F)ccc1F)NCCCN1CCOCC1. The van der Waals surface area contributed by atoms with Gasteiger partial charge in [0, 0.05) is 39.3 Å². The lowest BCUT2D eigenvalue weighted by Crippen LogP contribution is -2.44. The molecule has 7 nitrogen and oxygen atoms in total. The molecule has 2 rings (SSSR count). The number of guanidine groups is 1. The van der Waals surface area contributed by atoms with E-state index in [-0.39, 0.29) is 24.6 Å². The summed E-state index contributed by atoms with van der Waals surface area (Å²) in [5.41, 5.74) is 0.161. The number of likely N-dealkylation sites (N-methyl/N-ethyl adjacent to an activating group) is 1. The number of nitrogens with zero attached hydrogens (tertiary/aromatic N) is 3. The molecular formula is C19H29F2N5O2. The molecule has 0 radical (unpaired) electrons. The number of rotatable bonds is 8. The number of carbonyl (C=O) groups excluding carboxylic acids is 1. The van der Waals surface area contributed by atoms with Crippen molar-refractivity contribution in [3.05, 3.63) is 35.4 Å². The lowest BCUT2D eigenvalue weighted by molar-refractivity contribution is -0.127. The van der Waals surface area contributed by atoms with Crippen LogP contribution in [0.3, 0.4) is 0 Å². The van der Waals surface area contributed by atoms with E-state index in [2.05, 4.69) is 20.5 Å². The monoisotopic (exact) mass is 397 g/mol. The molecule has 1 aliphatic heterocycles. The van der Waals surface area contributed by atoms with Crippen molar-refractivity contribution in [1.82, 2.24) is 20.4 Å². The van der Waals surface area contributed by atoms with Gasteiger partial charge in [0.1, 0.15) is 11.6 Å². The van der Waals surface area contributed by atoms with E-state index in [9.17, 15) is 13.6 Å². The van der Waals surface area contributed by atoms with Crippen LogP contribution in [0.2, 0.25) is 0 Å². The summed E-state index contributed by atoms with van der Waals surface area (Å²) in [6, 6.07) is 3.28. The second-order valence-electron chi connectivity index (χ2n) is 6.78. The number of benzene rings is 1. The van der Waals surface area contributed by atoms with E-state index < -0.39 is 11.6 Å². The Morgan fingerprint density at radius 3 is 2.71 bits per heavy atom. The summed E-state index contributed by atoms with van der Waals surface area (Å²) in [4.78, 5) is 19.9. The maximum Gasteiger partial charge on any atom is 0.241 e. The van der Waals surface area contributed by atoms with E-state index in [0.717, 1.165) is 57.5 Å². The molecule has 1 fully saturated rings. The average molecular weight is 397 g/mol. The van der Waals surface area contributed by atoms with E-state index in [4.69, 9.17) is 4.74 Å². The highest BCUT2D eigenvalue weighted by Gasteiger charge is 2.10. The molecule has 1 aliphatic rings. The summed E-state index contributed by atoms with van der Waals surface area (Å²) >= 11 is 0. The van der Waals surface area contributed by atoms with E-state index in [1.165, 1.54) is 4.90 Å². The van der Waals surface area contributed by atoms with Crippen molar-refractivity contribution >= 4 is 11.9 Å². The Labute approximate surface area is 164 Å². The molecule has 156 valence electrons. The molecule has 0 atom stereocenters. The Bertz CT molecular complexity index is 664. The van der Waals surface area contributed by atoms with Crippen LogP contribution in [0.25, 0.3) is 0 Å². The topological polar surface area (TPSA) is 69.2 Å². The standard InChI is InChI=1S/C19H29F2N5O2/c1-25(2)18(27)14-24-19(22-6-3-7-26-8-10-28-11-9-26)23-13-15-12-16(20)4-5-17(15)21/h4-5,12H,3,6-11,13-14H2,1-2H3,(H2,22,23,24). The van der Waals surface area contributed by atoms with Crippen LogP contribution in [0.4, 0.5) is 8.78 Å². The number of amides is 1. The van der Waals surface area contributed by atoms with Gasteiger partial charge in [0.15, 0.2) is 5.96 Å². The van der Waals surface area contributed by atoms with Crippen LogP contribution in [0.15, 0.2) is 23.2 Å². The molecule has 1 amide bonds. The summed E-state index contributed by atoms with van der Waals surface area (Å²) < 4.78 is 32.5. The first-order chi connectivity index (χ1) is 13.5. The second-order valence-corrected chi connectivity index (χ2v) is 6.78. The van der Waals surface area contributed by atoms with Crippen LogP contribution in [0, 0.1) is 11.6 Å². The summed E-state index contributed by atoms with van der Waals surface area (Å²) in [7, 11) is 3.33. The van der Waals surface area contributed by atoms with Gasteiger partial charge in [0.05, 0.1) is 26.3 Å². The zero-order chi connectivity index (χ0) is 20.4. The minimum absolute atomic E-state index is 0.0292. The Morgan fingerprint density at radius 2 is 2.00 bits per heavy atom. The minimum atomic E-state index is -0.513. The fraction of sp³-hybridized carbons (Fsp3) is 0.579. The van der Waals surface area contributed by atoms with Crippen LogP contribution in [-0.2, 0) is 16.1 Å². The highest BCUT2D eigenvalue weighted by molar-refractivity contribution is 5.86. The van der Waals surface area contributed by atoms with Crippen molar-refractivity contribution in [2.45, 2.75) is 13.0 Å². The molecular weight excluding hydrogens is 368 g/mol. The van der Waals surface area contributed by atoms with Crippen LogP contribution >= 0.6 is 0 Å². The third-order valence-electron chi connectivity index (χ3n) is 4.37. The molecule has 0 saturated carbocycles. The Kier molecular flexibility index (Phi) is 9.09.